The number of carbonyl (C=O) groups is 1. The van der Waals surface area contributed by atoms with Crippen molar-refractivity contribution >= 4 is 6.09 Å². The molecule has 0 saturated carbocycles. The average molecular weight is 383 g/mol. The number of aliphatic hydroxyl groups is 1. The van der Waals surface area contributed by atoms with Crippen molar-refractivity contribution in [3.63, 3.8) is 0 Å². The Labute approximate surface area is 163 Å². The Morgan fingerprint density at radius 2 is 1.96 bits per heavy atom. The van der Waals surface area contributed by atoms with E-state index < -0.39 is 23.8 Å². The van der Waals surface area contributed by atoms with Crippen LogP contribution in [0.5, 0.6) is 0 Å². The molecule has 0 spiro atoms. The zero-order valence-electron chi connectivity index (χ0n) is 17.7. The number of hydrogen-bond donors (Lipinski definition) is 3. The zero-order valence-corrected chi connectivity index (χ0v) is 17.7. The Kier molecular flexibility index (Phi) is 9.80. The predicted molar refractivity (Wildman–Crippen MR) is 108 cm³/mol. The van der Waals surface area contributed by atoms with Gasteiger partial charge in [0.05, 0.1) is 18.7 Å². The van der Waals surface area contributed by atoms with Crippen LogP contribution in [0.15, 0.2) is 18.5 Å². The monoisotopic (exact) mass is 382 g/mol. The van der Waals surface area contributed by atoms with E-state index in [1.165, 1.54) is 6.42 Å². The van der Waals surface area contributed by atoms with Crippen LogP contribution in [0.4, 0.5) is 4.79 Å². The number of ether oxygens (including phenoxy) is 1. The molecule has 1 rings (SSSR count). The third-order valence-corrected chi connectivity index (χ3v) is 4.20. The number of aromatic nitrogens is 2. The molecule has 0 fully saturated rings. The van der Waals surface area contributed by atoms with Crippen LogP contribution in [0.1, 0.15) is 60.8 Å². The minimum Gasteiger partial charge on any atom is -0.444 e. The van der Waals surface area contributed by atoms with Crippen molar-refractivity contribution in [3.05, 3.63) is 18.5 Å². The maximum atomic E-state index is 12.2. The molecule has 3 N–H and O–H groups in total. The summed E-state index contributed by atoms with van der Waals surface area (Å²) in [6.45, 7) is 12.8. The molecule has 7 nitrogen and oxygen atoms in total. The molecule has 156 valence electrons. The number of alkyl carbamates (subject to hydrolysis) is 1. The van der Waals surface area contributed by atoms with Gasteiger partial charge in [0.1, 0.15) is 5.60 Å². The van der Waals surface area contributed by atoms with Crippen molar-refractivity contribution in [2.45, 2.75) is 91.1 Å². The number of rotatable bonds is 11. The van der Waals surface area contributed by atoms with Crippen LogP contribution >= 0.6 is 0 Å². The summed E-state index contributed by atoms with van der Waals surface area (Å²) < 4.78 is 7.02. The number of hydrogen-bond acceptors (Lipinski definition) is 5. The summed E-state index contributed by atoms with van der Waals surface area (Å²) in [7, 11) is 0. The quantitative estimate of drug-likeness (QED) is 0.548. The molecule has 1 aromatic heterocycles. The van der Waals surface area contributed by atoms with Crippen molar-refractivity contribution in [2.75, 3.05) is 6.54 Å². The average Bonchev–Trinajstić information content (AvgIpc) is 3.02. The maximum absolute atomic E-state index is 12.2. The van der Waals surface area contributed by atoms with Gasteiger partial charge in [0, 0.05) is 25.0 Å². The van der Waals surface area contributed by atoms with Gasteiger partial charge < -0.3 is 20.5 Å². The number of carbonyl (C=O) groups excluding carboxylic acids is 1. The van der Waals surface area contributed by atoms with E-state index in [4.69, 9.17) is 4.74 Å². The van der Waals surface area contributed by atoms with Gasteiger partial charge in [-0.2, -0.15) is 5.10 Å². The second-order valence-electron chi connectivity index (χ2n) is 8.68. The van der Waals surface area contributed by atoms with Gasteiger partial charge >= 0.3 is 6.09 Å². The number of nitrogens with zero attached hydrogens (tertiary/aromatic N) is 2. The zero-order chi connectivity index (χ0) is 20.4. The van der Waals surface area contributed by atoms with Crippen molar-refractivity contribution in [2.24, 2.45) is 5.92 Å². The summed E-state index contributed by atoms with van der Waals surface area (Å²) in [5.74, 6) is 0.708. The number of nitrogens with one attached hydrogen (secondary N) is 2. The Balaban J connectivity index is 2.56. The van der Waals surface area contributed by atoms with Gasteiger partial charge in [-0.15, -0.1) is 0 Å². The van der Waals surface area contributed by atoms with Crippen LogP contribution in [0.25, 0.3) is 0 Å². The molecule has 0 aromatic carbocycles. The fraction of sp³-hybridized carbons (Fsp3) is 0.800. The summed E-state index contributed by atoms with van der Waals surface area (Å²) >= 11 is 0. The van der Waals surface area contributed by atoms with Crippen LogP contribution in [0, 0.1) is 5.92 Å². The molecule has 0 aliphatic heterocycles. The highest BCUT2D eigenvalue weighted by Gasteiger charge is 2.25. The molecule has 1 unspecified atom stereocenters. The lowest BCUT2D eigenvalue weighted by Gasteiger charge is -2.27. The smallest absolute Gasteiger partial charge is 0.408 e. The lowest BCUT2D eigenvalue weighted by atomic mass is 10.0. The van der Waals surface area contributed by atoms with Gasteiger partial charge in [-0.05, 0) is 46.1 Å². The van der Waals surface area contributed by atoms with E-state index in [-0.39, 0.29) is 0 Å². The molecule has 7 heteroatoms. The topological polar surface area (TPSA) is 88.4 Å². The second-order valence-corrected chi connectivity index (χ2v) is 8.68. The van der Waals surface area contributed by atoms with Crippen LogP contribution < -0.4 is 10.6 Å². The molecule has 0 aliphatic carbocycles. The minimum absolute atomic E-state index is 0.310. The SMILES string of the molecule is CC(C)CCCC(C)NC[C@@H](O)[C@H](Cn1cccn1)NC(=O)OC(C)(C)C. The van der Waals surface area contributed by atoms with Gasteiger partial charge in [0.2, 0.25) is 0 Å². The molecule has 1 aromatic rings. The second kappa shape index (κ2) is 11.3. The largest absolute Gasteiger partial charge is 0.444 e. The van der Waals surface area contributed by atoms with Gasteiger partial charge in [-0.3, -0.25) is 4.68 Å². The summed E-state index contributed by atoms with van der Waals surface area (Å²) in [6.07, 6.45) is 5.61. The van der Waals surface area contributed by atoms with Gasteiger partial charge in [-0.25, -0.2) is 4.79 Å². The first-order valence-electron chi connectivity index (χ1n) is 9.95. The molecular weight excluding hydrogens is 344 g/mol. The van der Waals surface area contributed by atoms with E-state index in [0.29, 0.717) is 25.0 Å². The van der Waals surface area contributed by atoms with Crippen LogP contribution in [0.2, 0.25) is 0 Å². The molecule has 1 amide bonds. The van der Waals surface area contributed by atoms with Crippen LogP contribution in [0.3, 0.4) is 0 Å². The third-order valence-electron chi connectivity index (χ3n) is 4.20. The van der Waals surface area contributed by atoms with Crippen molar-refractivity contribution < 1.29 is 14.6 Å². The molecule has 3 atom stereocenters. The molecule has 0 aliphatic rings. The molecule has 27 heavy (non-hydrogen) atoms. The summed E-state index contributed by atoms with van der Waals surface area (Å²) in [5, 5.41) is 21.0. The van der Waals surface area contributed by atoms with Crippen molar-refractivity contribution in [1.82, 2.24) is 20.4 Å². The lowest BCUT2D eigenvalue weighted by molar-refractivity contribution is 0.0401. The standard InChI is InChI=1S/C20H38N4O3/c1-15(2)9-7-10-16(3)21-13-18(25)17(14-24-12-8-11-22-24)23-19(26)27-20(4,5)6/h8,11-12,15-18,21,25H,7,9-10,13-14H2,1-6H3,(H,23,26)/t16?,17-,18+/m0/s1. The van der Waals surface area contributed by atoms with Crippen molar-refractivity contribution in [3.8, 4) is 0 Å². The van der Waals surface area contributed by atoms with Gasteiger partial charge in [0.15, 0.2) is 0 Å². The fourth-order valence-electron chi connectivity index (χ4n) is 2.73. The highest BCUT2D eigenvalue weighted by Crippen LogP contribution is 2.10. The Bertz CT molecular complexity index is 526. The first kappa shape index (κ1) is 23.4. The Morgan fingerprint density at radius 3 is 2.52 bits per heavy atom. The van der Waals surface area contributed by atoms with Crippen LogP contribution in [-0.4, -0.2) is 51.3 Å². The van der Waals surface area contributed by atoms with E-state index >= 15 is 0 Å². The van der Waals surface area contributed by atoms with E-state index in [2.05, 4.69) is 36.5 Å². The maximum Gasteiger partial charge on any atom is 0.408 e. The Hall–Kier alpha value is -1.60. The Morgan fingerprint density at radius 1 is 1.26 bits per heavy atom. The predicted octanol–water partition coefficient (Wildman–Crippen LogP) is 2.94. The summed E-state index contributed by atoms with van der Waals surface area (Å²) in [6, 6.07) is 1.62. The molecular formula is C20H38N4O3. The molecule has 0 radical (unpaired) electrons. The van der Waals surface area contributed by atoms with Gasteiger partial charge in [-0.1, -0.05) is 26.7 Å². The first-order chi connectivity index (χ1) is 12.6. The normalized spacial score (nSPS) is 15.4. The van der Waals surface area contributed by atoms with Crippen LogP contribution in [-0.2, 0) is 11.3 Å². The highest BCUT2D eigenvalue weighted by atomic mass is 16.6. The number of aliphatic hydroxyl groups excluding tert-OH is 1. The van der Waals surface area contributed by atoms with E-state index in [1.807, 2.05) is 26.8 Å². The molecule has 1 heterocycles. The van der Waals surface area contributed by atoms with E-state index in [1.54, 1.807) is 17.1 Å². The van der Waals surface area contributed by atoms with Gasteiger partial charge in [0.25, 0.3) is 0 Å². The lowest BCUT2D eigenvalue weighted by Crippen LogP contribution is -2.51. The summed E-state index contributed by atoms with van der Waals surface area (Å²) in [4.78, 5) is 12.2. The van der Waals surface area contributed by atoms with E-state index in [0.717, 1.165) is 12.8 Å². The first-order valence-corrected chi connectivity index (χ1v) is 9.95. The minimum atomic E-state index is -0.755. The number of amides is 1. The third kappa shape index (κ3) is 11.0. The molecule has 0 bridgehead atoms. The highest BCUT2D eigenvalue weighted by molar-refractivity contribution is 5.68. The van der Waals surface area contributed by atoms with E-state index in [9.17, 15) is 9.90 Å². The summed E-state index contributed by atoms with van der Waals surface area (Å²) in [5.41, 5.74) is -0.589. The van der Waals surface area contributed by atoms with Crippen molar-refractivity contribution in [1.29, 1.82) is 0 Å². The fourth-order valence-corrected chi connectivity index (χ4v) is 2.73. The molecule has 0 saturated heterocycles.